The van der Waals surface area contributed by atoms with E-state index in [1.165, 1.54) is 24.2 Å². The summed E-state index contributed by atoms with van der Waals surface area (Å²) in [7, 11) is 1.54. The smallest absolute Gasteiger partial charge is 0.323 e. The summed E-state index contributed by atoms with van der Waals surface area (Å²) in [5.74, 6) is 5.69. The SMILES string of the molecule is COc1ccc2cn(C[C@@]3(C#Cc4cnc5nc[nH]c5c4)NC(=O)NC3=O)c(O)c2c1. The standard InChI is InChI=1S/C21H16N6O4/c1-31-14-3-2-13-9-27(18(28)15(13)7-14)10-21(19(29)25-20(30)26-21)5-4-12-6-16-17(22-8-12)24-11-23-16/h2-3,6-9,11,28H,10H2,1H3,(H,22,23,24)(H2,25,26,29,30)/t21-/m1/s1. The largest absolute Gasteiger partial charge is 0.497 e. The topological polar surface area (TPSA) is 134 Å². The number of benzene rings is 1. The van der Waals surface area contributed by atoms with Crippen LogP contribution in [-0.4, -0.2) is 49.2 Å². The van der Waals surface area contributed by atoms with Gasteiger partial charge in [-0.15, -0.1) is 0 Å². The van der Waals surface area contributed by atoms with Crippen LogP contribution in [0.1, 0.15) is 5.56 Å². The van der Waals surface area contributed by atoms with Crippen molar-refractivity contribution in [2.75, 3.05) is 7.11 Å². The van der Waals surface area contributed by atoms with Crippen LogP contribution < -0.4 is 15.4 Å². The number of hydrogen-bond donors (Lipinski definition) is 4. The van der Waals surface area contributed by atoms with Gasteiger partial charge in [0.1, 0.15) is 5.75 Å². The minimum absolute atomic E-state index is 0.0652. The van der Waals surface area contributed by atoms with Gasteiger partial charge in [-0.2, -0.15) is 0 Å². The Bertz CT molecular complexity index is 1430. The highest BCUT2D eigenvalue weighted by molar-refractivity contribution is 6.09. The number of carbonyl (C=O) groups excluding carboxylic acids is 2. The van der Waals surface area contributed by atoms with Gasteiger partial charge in [0, 0.05) is 28.7 Å². The Balaban J connectivity index is 1.56. The first-order chi connectivity index (χ1) is 15.0. The molecule has 10 heteroatoms. The fraction of sp³-hybridized carbons (Fsp3) is 0.143. The maximum Gasteiger partial charge on any atom is 0.323 e. The molecule has 0 saturated carbocycles. The lowest BCUT2D eigenvalue weighted by molar-refractivity contribution is -0.122. The van der Waals surface area contributed by atoms with E-state index in [-0.39, 0.29) is 12.4 Å². The zero-order valence-corrected chi connectivity index (χ0v) is 16.3. The molecule has 3 aromatic heterocycles. The molecule has 0 spiro atoms. The summed E-state index contributed by atoms with van der Waals surface area (Å²) < 4.78 is 6.68. The summed E-state index contributed by atoms with van der Waals surface area (Å²) in [5, 5.41) is 16.8. The number of imide groups is 1. The average Bonchev–Trinajstić information content (AvgIpc) is 3.43. The van der Waals surface area contributed by atoms with Crippen molar-refractivity contribution in [1.29, 1.82) is 0 Å². The number of carbonyl (C=O) groups is 2. The second-order valence-corrected chi connectivity index (χ2v) is 7.10. The molecule has 0 radical (unpaired) electrons. The number of amides is 3. The minimum atomic E-state index is -1.57. The van der Waals surface area contributed by atoms with E-state index in [1.54, 1.807) is 30.5 Å². The highest BCUT2D eigenvalue weighted by Gasteiger charge is 2.46. The maximum atomic E-state index is 12.7. The van der Waals surface area contributed by atoms with Gasteiger partial charge in [0.05, 0.1) is 25.5 Å². The quantitative estimate of drug-likeness (QED) is 0.293. The summed E-state index contributed by atoms with van der Waals surface area (Å²) in [5.41, 5.74) is 0.212. The Kier molecular flexibility index (Phi) is 4.04. The molecule has 4 aromatic rings. The molecule has 0 bridgehead atoms. The molecule has 0 aliphatic carbocycles. The predicted molar refractivity (Wildman–Crippen MR) is 110 cm³/mol. The Labute approximate surface area is 175 Å². The van der Waals surface area contributed by atoms with Crippen molar-refractivity contribution >= 4 is 33.9 Å². The lowest BCUT2D eigenvalue weighted by Crippen LogP contribution is -2.49. The van der Waals surface area contributed by atoms with Gasteiger partial charge in [-0.3, -0.25) is 10.1 Å². The number of ether oxygens (including phenoxy) is 1. The Morgan fingerprint density at radius 1 is 1.26 bits per heavy atom. The molecule has 1 fully saturated rings. The molecular weight excluding hydrogens is 400 g/mol. The average molecular weight is 416 g/mol. The van der Waals surface area contributed by atoms with Crippen LogP contribution in [0.5, 0.6) is 11.6 Å². The number of urea groups is 1. The van der Waals surface area contributed by atoms with Gasteiger partial charge < -0.3 is 24.7 Å². The van der Waals surface area contributed by atoms with Crippen molar-refractivity contribution in [3.8, 4) is 23.5 Å². The molecule has 10 nitrogen and oxygen atoms in total. The number of pyridine rings is 1. The van der Waals surface area contributed by atoms with Crippen LogP contribution in [0.2, 0.25) is 0 Å². The molecule has 0 unspecified atom stereocenters. The van der Waals surface area contributed by atoms with Crippen molar-refractivity contribution in [2.45, 2.75) is 12.1 Å². The third-order valence-corrected chi connectivity index (χ3v) is 5.11. The first-order valence-corrected chi connectivity index (χ1v) is 9.29. The molecule has 1 atom stereocenters. The van der Waals surface area contributed by atoms with E-state index in [4.69, 9.17) is 4.74 Å². The van der Waals surface area contributed by atoms with E-state index in [2.05, 4.69) is 37.4 Å². The van der Waals surface area contributed by atoms with Crippen LogP contribution in [0.4, 0.5) is 4.79 Å². The molecule has 1 aromatic carbocycles. The molecule has 154 valence electrons. The van der Waals surface area contributed by atoms with Crippen molar-refractivity contribution in [3.05, 3.63) is 48.5 Å². The van der Waals surface area contributed by atoms with Crippen LogP contribution in [-0.2, 0) is 11.3 Å². The number of nitrogens with zero attached hydrogens (tertiary/aromatic N) is 3. The normalized spacial score (nSPS) is 18.0. The molecule has 1 aliphatic rings. The number of H-pyrrole nitrogens is 1. The third kappa shape index (κ3) is 3.08. The first-order valence-electron chi connectivity index (χ1n) is 9.29. The third-order valence-electron chi connectivity index (χ3n) is 5.11. The first kappa shape index (κ1) is 18.5. The van der Waals surface area contributed by atoms with Gasteiger partial charge in [0.15, 0.2) is 11.5 Å². The monoisotopic (exact) mass is 416 g/mol. The maximum absolute atomic E-state index is 12.7. The van der Waals surface area contributed by atoms with Gasteiger partial charge in [0.2, 0.25) is 5.54 Å². The fourth-order valence-corrected chi connectivity index (χ4v) is 3.54. The molecule has 3 amide bonds. The van der Waals surface area contributed by atoms with Gasteiger partial charge in [-0.05, 0) is 24.3 Å². The summed E-state index contributed by atoms with van der Waals surface area (Å²) in [6, 6.07) is 6.35. The van der Waals surface area contributed by atoms with Crippen LogP contribution in [0.15, 0.2) is 43.0 Å². The Hall–Kier alpha value is -4.52. The highest BCUT2D eigenvalue weighted by atomic mass is 16.5. The van der Waals surface area contributed by atoms with Crippen molar-refractivity contribution < 1.29 is 19.4 Å². The van der Waals surface area contributed by atoms with Gasteiger partial charge in [-0.1, -0.05) is 11.8 Å². The van der Waals surface area contributed by atoms with E-state index < -0.39 is 17.5 Å². The number of nitrogens with one attached hydrogen (secondary N) is 3. The van der Waals surface area contributed by atoms with Gasteiger partial charge in [-0.25, -0.2) is 14.8 Å². The number of hydrogen-bond acceptors (Lipinski definition) is 6. The summed E-state index contributed by atoms with van der Waals surface area (Å²) in [6.07, 6.45) is 4.74. The van der Waals surface area contributed by atoms with E-state index in [0.29, 0.717) is 27.9 Å². The number of aromatic nitrogens is 4. The van der Waals surface area contributed by atoms with E-state index in [9.17, 15) is 14.7 Å². The second kappa shape index (κ2) is 6.77. The number of aromatic amines is 1. The van der Waals surface area contributed by atoms with Gasteiger partial charge in [0.25, 0.3) is 5.91 Å². The van der Waals surface area contributed by atoms with Crippen LogP contribution >= 0.6 is 0 Å². The van der Waals surface area contributed by atoms with E-state index in [1.807, 2.05) is 0 Å². The van der Waals surface area contributed by atoms with E-state index >= 15 is 0 Å². The van der Waals surface area contributed by atoms with Crippen LogP contribution in [0, 0.1) is 11.8 Å². The number of rotatable bonds is 3. The lowest BCUT2D eigenvalue weighted by atomic mass is 10.00. The molecule has 31 heavy (non-hydrogen) atoms. The molecular formula is C21H16N6O4. The lowest BCUT2D eigenvalue weighted by Gasteiger charge is -2.20. The van der Waals surface area contributed by atoms with Crippen molar-refractivity contribution in [3.63, 3.8) is 0 Å². The van der Waals surface area contributed by atoms with Crippen molar-refractivity contribution in [1.82, 2.24) is 30.2 Å². The summed E-state index contributed by atoms with van der Waals surface area (Å²) >= 11 is 0. The Morgan fingerprint density at radius 3 is 2.90 bits per heavy atom. The fourth-order valence-electron chi connectivity index (χ4n) is 3.54. The summed E-state index contributed by atoms with van der Waals surface area (Å²) in [6.45, 7) is -0.0971. The number of fused-ring (bicyclic) bond motifs is 2. The zero-order chi connectivity index (χ0) is 21.6. The summed E-state index contributed by atoms with van der Waals surface area (Å²) in [4.78, 5) is 35.8. The molecule has 1 saturated heterocycles. The molecule has 4 N–H and O–H groups in total. The zero-order valence-electron chi connectivity index (χ0n) is 16.3. The number of imidazole rings is 1. The molecule has 4 heterocycles. The molecule has 5 rings (SSSR count). The highest BCUT2D eigenvalue weighted by Crippen LogP contribution is 2.32. The predicted octanol–water partition coefficient (Wildman–Crippen LogP) is 1.26. The van der Waals surface area contributed by atoms with Crippen molar-refractivity contribution in [2.24, 2.45) is 0 Å². The van der Waals surface area contributed by atoms with E-state index in [0.717, 1.165) is 5.39 Å². The number of aromatic hydroxyl groups is 1. The molecule has 1 aliphatic heterocycles. The van der Waals surface area contributed by atoms with Crippen LogP contribution in [0.25, 0.3) is 21.9 Å². The van der Waals surface area contributed by atoms with Gasteiger partial charge >= 0.3 is 6.03 Å². The second-order valence-electron chi connectivity index (χ2n) is 7.10. The van der Waals surface area contributed by atoms with Crippen LogP contribution in [0.3, 0.4) is 0 Å². The number of methoxy groups -OCH3 is 1. The Morgan fingerprint density at radius 2 is 2.13 bits per heavy atom. The minimum Gasteiger partial charge on any atom is -0.497 e.